The molecule has 0 saturated carbocycles. The molecule has 0 radical (unpaired) electrons. The molecule has 1 saturated heterocycles. The van der Waals surface area contributed by atoms with Crippen molar-refractivity contribution in [2.75, 3.05) is 20.3 Å². The van der Waals surface area contributed by atoms with E-state index in [1.54, 1.807) is 31.5 Å². The number of rotatable bonds is 6. The van der Waals surface area contributed by atoms with Gasteiger partial charge in [0.15, 0.2) is 0 Å². The molecule has 1 aromatic heterocycles. The van der Waals surface area contributed by atoms with Crippen molar-refractivity contribution in [1.82, 2.24) is 9.88 Å². The molecule has 27 heavy (non-hydrogen) atoms. The normalized spacial score (nSPS) is 18.9. The van der Waals surface area contributed by atoms with E-state index in [4.69, 9.17) is 4.74 Å². The lowest BCUT2D eigenvalue weighted by molar-refractivity contribution is -0.140. The van der Waals surface area contributed by atoms with Crippen LogP contribution in [0, 0.1) is 5.82 Å². The molecule has 3 rings (SSSR count). The molecule has 1 aliphatic heterocycles. The molecule has 0 bridgehead atoms. The Morgan fingerprint density at radius 3 is 2.59 bits per heavy atom. The quantitative estimate of drug-likeness (QED) is 0.366. The van der Waals surface area contributed by atoms with Crippen molar-refractivity contribution in [1.29, 1.82) is 0 Å². The summed E-state index contributed by atoms with van der Waals surface area (Å²) in [6.45, 7) is 0.704. The monoisotopic (exact) mass is 370 g/mol. The maximum Gasteiger partial charge on any atom is 0.295 e. The van der Waals surface area contributed by atoms with Crippen molar-refractivity contribution in [2.45, 2.75) is 12.5 Å². The van der Waals surface area contributed by atoms with E-state index >= 15 is 0 Å². The second kappa shape index (κ2) is 8.09. The number of aromatic nitrogens is 1. The molecule has 140 valence electrons. The van der Waals surface area contributed by atoms with E-state index in [9.17, 15) is 19.1 Å². The van der Waals surface area contributed by atoms with Crippen molar-refractivity contribution >= 4 is 17.4 Å². The maximum absolute atomic E-state index is 13.2. The number of carbonyl (C=O) groups is 2. The van der Waals surface area contributed by atoms with Gasteiger partial charge in [0.2, 0.25) is 0 Å². The number of ketones is 1. The zero-order valence-electron chi connectivity index (χ0n) is 14.8. The van der Waals surface area contributed by atoms with Crippen LogP contribution in [0.2, 0.25) is 0 Å². The van der Waals surface area contributed by atoms with Gasteiger partial charge in [-0.2, -0.15) is 0 Å². The molecule has 0 aliphatic carbocycles. The van der Waals surface area contributed by atoms with E-state index in [1.807, 2.05) is 0 Å². The van der Waals surface area contributed by atoms with Gasteiger partial charge in [-0.25, -0.2) is 4.39 Å². The lowest BCUT2D eigenvalue weighted by Gasteiger charge is -2.24. The maximum atomic E-state index is 13.2. The molecular weight excluding hydrogens is 351 g/mol. The largest absolute Gasteiger partial charge is 0.507 e. The Balaban J connectivity index is 2.09. The van der Waals surface area contributed by atoms with Crippen LogP contribution in [0.15, 0.2) is 54.2 Å². The van der Waals surface area contributed by atoms with Gasteiger partial charge in [0.05, 0.1) is 11.3 Å². The third kappa shape index (κ3) is 3.73. The van der Waals surface area contributed by atoms with E-state index < -0.39 is 23.5 Å². The molecular formula is C20H19FN2O4. The van der Waals surface area contributed by atoms with E-state index in [-0.39, 0.29) is 23.4 Å². The summed E-state index contributed by atoms with van der Waals surface area (Å²) >= 11 is 0. The molecule has 6 nitrogen and oxygen atoms in total. The number of nitrogens with zero attached hydrogens (tertiary/aromatic N) is 2. The molecule has 1 fully saturated rings. The number of pyridine rings is 1. The Kier molecular flexibility index (Phi) is 5.61. The number of methoxy groups -OCH3 is 1. The lowest BCUT2D eigenvalue weighted by atomic mass is 9.98. The topological polar surface area (TPSA) is 79.7 Å². The summed E-state index contributed by atoms with van der Waals surface area (Å²) in [5, 5.41) is 10.7. The number of halogens is 1. The summed E-state index contributed by atoms with van der Waals surface area (Å²) in [6.07, 6.45) is 2.09. The zero-order valence-corrected chi connectivity index (χ0v) is 14.8. The molecule has 1 N–H and O–H groups in total. The predicted molar refractivity (Wildman–Crippen MR) is 96.1 cm³/mol. The first kappa shape index (κ1) is 18.7. The van der Waals surface area contributed by atoms with Crippen molar-refractivity contribution < 1.29 is 23.8 Å². The zero-order chi connectivity index (χ0) is 19.4. The highest BCUT2D eigenvalue weighted by atomic mass is 19.1. The third-order valence-corrected chi connectivity index (χ3v) is 4.37. The van der Waals surface area contributed by atoms with Gasteiger partial charge < -0.3 is 14.7 Å². The Bertz CT molecular complexity index is 865. The molecule has 1 atom stereocenters. The summed E-state index contributed by atoms with van der Waals surface area (Å²) < 4.78 is 18.2. The van der Waals surface area contributed by atoms with Crippen LogP contribution in [0.5, 0.6) is 0 Å². The van der Waals surface area contributed by atoms with Gasteiger partial charge in [-0.1, -0.05) is 6.07 Å². The van der Waals surface area contributed by atoms with Crippen LogP contribution in [0.3, 0.4) is 0 Å². The Morgan fingerprint density at radius 1 is 1.22 bits per heavy atom. The van der Waals surface area contributed by atoms with Gasteiger partial charge in [-0.05, 0) is 42.8 Å². The lowest BCUT2D eigenvalue weighted by Crippen LogP contribution is -2.31. The molecule has 7 heteroatoms. The predicted octanol–water partition coefficient (Wildman–Crippen LogP) is 2.68. The third-order valence-electron chi connectivity index (χ3n) is 4.37. The Labute approximate surface area is 155 Å². The minimum atomic E-state index is -0.812. The van der Waals surface area contributed by atoms with E-state index in [0.29, 0.717) is 18.7 Å². The first-order valence-corrected chi connectivity index (χ1v) is 8.48. The molecule has 2 heterocycles. The standard InChI is InChI=1S/C20H19FN2O4/c1-27-12-4-11-23-17(15-5-2-3-10-22-15)16(19(25)20(23)26)18(24)13-6-8-14(21)9-7-13/h2-3,5-10,17,24H,4,11-12H2,1H3/b18-16-. The van der Waals surface area contributed by atoms with E-state index in [1.165, 1.54) is 29.2 Å². The van der Waals surface area contributed by atoms with E-state index in [0.717, 1.165) is 0 Å². The first-order valence-electron chi connectivity index (χ1n) is 8.48. The highest BCUT2D eigenvalue weighted by Crippen LogP contribution is 2.38. The molecule has 1 unspecified atom stereocenters. The van der Waals surface area contributed by atoms with Crippen LogP contribution >= 0.6 is 0 Å². The van der Waals surface area contributed by atoms with Crippen molar-refractivity contribution in [3.05, 3.63) is 71.3 Å². The number of ether oxygens (including phenoxy) is 1. The number of Topliss-reactive ketones (excluding diaryl/α,β-unsaturated/α-hetero) is 1. The van der Waals surface area contributed by atoms with Crippen molar-refractivity contribution in [2.24, 2.45) is 0 Å². The summed E-state index contributed by atoms with van der Waals surface area (Å²) in [5.74, 6) is -2.30. The second-order valence-electron chi connectivity index (χ2n) is 6.10. The Morgan fingerprint density at radius 2 is 1.96 bits per heavy atom. The van der Waals surface area contributed by atoms with Gasteiger partial charge in [0, 0.05) is 32.0 Å². The molecule has 1 amide bonds. The van der Waals surface area contributed by atoms with E-state index in [2.05, 4.69) is 4.98 Å². The summed E-state index contributed by atoms with van der Waals surface area (Å²) in [4.78, 5) is 30.9. The minimum absolute atomic E-state index is 0.0530. The highest BCUT2D eigenvalue weighted by Gasteiger charge is 2.46. The van der Waals surface area contributed by atoms with Gasteiger partial charge in [-0.15, -0.1) is 0 Å². The van der Waals surface area contributed by atoms with Crippen LogP contribution < -0.4 is 0 Å². The van der Waals surface area contributed by atoms with Crippen LogP contribution in [-0.4, -0.2) is 46.9 Å². The average Bonchev–Trinajstić information content (AvgIpc) is 2.94. The van der Waals surface area contributed by atoms with Crippen LogP contribution in [0.1, 0.15) is 23.7 Å². The number of likely N-dealkylation sites (tertiary alicyclic amines) is 1. The van der Waals surface area contributed by atoms with Gasteiger partial charge in [-0.3, -0.25) is 14.6 Å². The molecule has 1 aliphatic rings. The van der Waals surface area contributed by atoms with Gasteiger partial charge >= 0.3 is 0 Å². The fraction of sp³-hybridized carbons (Fsp3) is 0.250. The first-order chi connectivity index (χ1) is 13.0. The number of aliphatic hydroxyl groups excluding tert-OH is 1. The van der Waals surface area contributed by atoms with Crippen molar-refractivity contribution in [3.8, 4) is 0 Å². The number of carbonyl (C=O) groups excluding carboxylic acids is 2. The average molecular weight is 370 g/mol. The van der Waals surface area contributed by atoms with Gasteiger partial charge in [0.1, 0.15) is 17.6 Å². The SMILES string of the molecule is COCCCN1C(=O)C(=O)/C(=C(\O)c2ccc(F)cc2)C1c1ccccn1. The fourth-order valence-corrected chi connectivity index (χ4v) is 3.10. The molecule has 0 spiro atoms. The number of benzene rings is 1. The second-order valence-corrected chi connectivity index (χ2v) is 6.10. The van der Waals surface area contributed by atoms with Crippen LogP contribution in [0.4, 0.5) is 4.39 Å². The van der Waals surface area contributed by atoms with Crippen molar-refractivity contribution in [3.63, 3.8) is 0 Å². The minimum Gasteiger partial charge on any atom is -0.507 e. The van der Waals surface area contributed by atoms with Crippen LogP contribution in [-0.2, 0) is 14.3 Å². The summed E-state index contributed by atoms with van der Waals surface area (Å²) in [5.41, 5.74) is 0.674. The van der Waals surface area contributed by atoms with Crippen LogP contribution in [0.25, 0.3) is 5.76 Å². The number of hydrogen-bond donors (Lipinski definition) is 1. The Hall–Kier alpha value is -3.06. The summed E-state index contributed by atoms with van der Waals surface area (Å²) in [6, 6.07) is 9.43. The number of amides is 1. The number of aliphatic hydroxyl groups is 1. The van der Waals surface area contributed by atoms with Gasteiger partial charge in [0.25, 0.3) is 11.7 Å². The molecule has 2 aromatic rings. The fourth-order valence-electron chi connectivity index (χ4n) is 3.10. The molecule has 1 aromatic carbocycles. The smallest absolute Gasteiger partial charge is 0.295 e. The highest BCUT2D eigenvalue weighted by molar-refractivity contribution is 6.46. The number of hydrogen-bond acceptors (Lipinski definition) is 5. The summed E-state index contributed by atoms with van der Waals surface area (Å²) in [7, 11) is 1.55.